The summed E-state index contributed by atoms with van der Waals surface area (Å²) >= 11 is 0. The van der Waals surface area contributed by atoms with Gasteiger partial charge in [0.25, 0.3) is 5.91 Å². The summed E-state index contributed by atoms with van der Waals surface area (Å²) in [6, 6.07) is 11.2. The minimum atomic E-state index is -5.20. The van der Waals surface area contributed by atoms with Gasteiger partial charge in [0.1, 0.15) is 5.56 Å². The Morgan fingerprint density at radius 1 is 1.12 bits per heavy atom. The van der Waals surface area contributed by atoms with E-state index in [1.807, 2.05) is 18.2 Å². The lowest BCUT2D eigenvalue weighted by Crippen LogP contribution is -2.31. The summed E-state index contributed by atoms with van der Waals surface area (Å²) in [7, 11) is 0. The monoisotopic (exact) mass is 363 g/mol. The summed E-state index contributed by atoms with van der Waals surface area (Å²) < 4.78 is 41.5. The number of rotatable bonds is 3. The summed E-state index contributed by atoms with van der Waals surface area (Å²) in [6.45, 7) is 0. The average Bonchev–Trinajstić information content (AvgIpc) is 3.11. The first-order valence-electron chi connectivity index (χ1n) is 7.53. The number of nitrogens with zero attached hydrogens (tertiary/aromatic N) is 3. The zero-order valence-corrected chi connectivity index (χ0v) is 13.2. The minimum absolute atomic E-state index is 0.287. The SMILES string of the molecule is O=C(c1cccnc1OC(=O)C(F)(F)F)N1N=CCC1c1ccccc1. The van der Waals surface area contributed by atoms with Gasteiger partial charge in [-0.05, 0) is 17.7 Å². The number of aromatic nitrogens is 1. The summed E-state index contributed by atoms with van der Waals surface area (Å²) in [4.78, 5) is 27.4. The highest BCUT2D eigenvalue weighted by atomic mass is 19.4. The molecule has 2 heterocycles. The standard InChI is InChI=1S/C17H12F3N3O3/c18-17(19,20)16(25)26-14-12(7-4-9-21-14)15(24)23-13(8-10-22-23)11-5-2-1-3-6-11/h1-7,9-10,13H,8H2. The van der Waals surface area contributed by atoms with Gasteiger partial charge in [0.15, 0.2) is 0 Å². The third-order valence-electron chi connectivity index (χ3n) is 3.64. The number of halogens is 3. The number of benzene rings is 1. The molecule has 134 valence electrons. The molecule has 0 fully saturated rings. The predicted molar refractivity (Wildman–Crippen MR) is 84.4 cm³/mol. The van der Waals surface area contributed by atoms with Gasteiger partial charge >= 0.3 is 12.1 Å². The van der Waals surface area contributed by atoms with Gasteiger partial charge in [-0.3, -0.25) is 4.79 Å². The van der Waals surface area contributed by atoms with Gasteiger partial charge in [-0.2, -0.15) is 18.3 Å². The Morgan fingerprint density at radius 3 is 2.54 bits per heavy atom. The molecule has 0 saturated heterocycles. The number of carbonyl (C=O) groups is 2. The molecule has 0 saturated carbocycles. The van der Waals surface area contributed by atoms with Crippen LogP contribution in [0.4, 0.5) is 13.2 Å². The van der Waals surface area contributed by atoms with Crippen molar-refractivity contribution in [2.75, 3.05) is 0 Å². The van der Waals surface area contributed by atoms with Crippen molar-refractivity contribution in [3.63, 3.8) is 0 Å². The first kappa shape index (κ1) is 17.6. The topological polar surface area (TPSA) is 71.9 Å². The average molecular weight is 363 g/mol. The maximum Gasteiger partial charge on any atom is 0.491 e. The Labute approximate surface area is 145 Å². The van der Waals surface area contributed by atoms with E-state index in [1.165, 1.54) is 18.3 Å². The number of carbonyl (C=O) groups excluding carboxylic acids is 2. The zero-order valence-electron chi connectivity index (χ0n) is 13.2. The van der Waals surface area contributed by atoms with E-state index in [0.29, 0.717) is 6.42 Å². The van der Waals surface area contributed by atoms with E-state index in [9.17, 15) is 22.8 Å². The molecule has 0 spiro atoms. The summed E-state index contributed by atoms with van der Waals surface area (Å²) in [6.07, 6.45) is -2.09. The molecule has 1 aromatic carbocycles. The first-order valence-corrected chi connectivity index (χ1v) is 7.53. The van der Waals surface area contributed by atoms with E-state index in [2.05, 4.69) is 14.8 Å². The minimum Gasteiger partial charge on any atom is -0.400 e. The highest BCUT2D eigenvalue weighted by Crippen LogP contribution is 2.31. The molecule has 2 aromatic rings. The van der Waals surface area contributed by atoms with Gasteiger partial charge in [-0.15, -0.1) is 0 Å². The van der Waals surface area contributed by atoms with Crippen LogP contribution in [0.15, 0.2) is 53.8 Å². The fourth-order valence-electron chi connectivity index (χ4n) is 2.47. The molecule has 0 N–H and O–H groups in total. The number of ether oxygens (including phenoxy) is 1. The van der Waals surface area contributed by atoms with Crippen LogP contribution < -0.4 is 4.74 Å². The molecule has 1 aliphatic rings. The van der Waals surface area contributed by atoms with Gasteiger partial charge in [-0.25, -0.2) is 14.8 Å². The van der Waals surface area contributed by atoms with Crippen LogP contribution in [0, 0.1) is 0 Å². The number of pyridine rings is 1. The summed E-state index contributed by atoms with van der Waals surface area (Å²) in [5.41, 5.74) is 0.529. The van der Waals surface area contributed by atoms with Crippen molar-refractivity contribution in [3.8, 4) is 5.88 Å². The number of alkyl halides is 3. The van der Waals surface area contributed by atoms with Gasteiger partial charge in [0.05, 0.1) is 6.04 Å². The molecule has 26 heavy (non-hydrogen) atoms. The lowest BCUT2D eigenvalue weighted by Gasteiger charge is -2.22. The fraction of sp³-hybridized carbons (Fsp3) is 0.176. The van der Waals surface area contributed by atoms with E-state index in [1.54, 1.807) is 12.1 Å². The molecule has 1 aromatic heterocycles. The lowest BCUT2D eigenvalue weighted by molar-refractivity contribution is -0.190. The molecule has 9 heteroatoms. The molecule has 1 amide bonds. The van der Waals surface area contributed by atoms with Crippen molar-refractivity contribution < 1.29 is 27.5 Å². The number of hydrogen-bond donors (Lipinski definition) is 0. The normalized spacial score (nSPS) is 16.6. The van der Waals surface area contributed by atoms with Crippen molar-refractivity contribution in [1.82, 2.24) is 9.99 Å². The Balaban J connectivity index is 1.88. The molecule has 3 rings (SSSR count). The van der Waals surface area contributed by atoms with Crippen molar-refractivity contribution in [2.24, 2.45) is 5.10 Å². The molecule has 1 unspecified atom stereocenters. The van der Waals surface area contributed by atoms with Crippen LogP contribution in [0.3, 0.4) is 0 Å². The second kappa shape index (κ2) is 6.95. The molecule has 1 atom stereocenters. The lowest BCUT2D eigenvalue weighted by atomic mass is 10.0. The Hall–Kier alpha value is -3.23. The van der Waals surface area contributed by atoms with Gasteiger partial charge < -0.3 is 4.74 Å². The first-order chi connectivity index (χ1) is 12.4. The van der Waals surface area contributed by atoms with E-state index >= 15 is 0 Å². The van der Waals surface area contributed by atoms with Crippen molar-refractivity contribution in [1.29, 1.82) is 0 Å². The summed E-state index contributed by atoms with van der Waals surface area (Å²) in [5, 5.41) is 5.14. The smallest absolute Gasteiger partial charge is 0.400 e. The molecular formula is C17H12F3N3O3. The quantitative estimate of drug-likeness (QED) is 0.786. The Kier molecular flexibility index (Phi) is 4.70. The van der Waals surface area contributed by atoms with Crippen LogP contribution in [0.2, 0.25) is 0 Å². The maximum atomic E-state index is 12.8. The second-order valence-electron chi connectivity index (χ2n) is 5.35. The molecular weight excluding hydrogens is 351 g/mol. The van der Waals surface area contributed by atoms with E-state index in [0.717, 1.165) is 16.8 Å². The molecule has 0 radical (unpaired) electrons. The fourth-order valence-corrected chi connectivity index (χ4v) is 2.47. The van der Waals surface area contributed by atoms with Crippen LogP contribution in [-0.2, 0) is 4.79 Å². The highest BCUT2D eigenvalue weighted by Gasteiger charge is 2.42. The van der Waals surface area contributed by atoms with E-state index in [-0.39, 0.29) is 5.56 Å². The largest absolute Gasteiger partial charge is 0.491 e. The third kappa shape index (κ3) is 3.56. The van der Waals surface area contributed by atoms with Crippen LogP contribution in [-0.4, -0.2) is 34.3 Å². The molecule has 6 nitrogen and oxygen atoms in total. The number of hydrazone groups is 1. The number of esters is 1. The zero-order chi connectivity index (χ0) is 18.7. The van der Waals surface area contributed by atoms with Gasteiger partial charge in [0, 0.05) is 18.8 Å². The van der Waals surface area contributed by atoms with E-state index < -0.39 is 30.0 Å². The van der Waals surface area contributed by atoms with Crippen molar-refractivity contribution in [2.45, 2.75) is 18.6 Å². The van der Waals surface area contributed by atoms with Crippen LogP contribution in [0.1, 0.15) is 28.4 Å². The molecule has 0 aliphatic carbocycles. The second-order valence-corrected chi connectivity index (χ2v) is 5.35. The van der Waals surface area contributed by atoms with Crippen molar-refractivity contribution >= 4 is 18.1 Å². The highest BCUT2D eigenvalue weighted by molar-refractivity contribution is 5.98. The Morgan fingerprint density at radius 2 is 1.85 bits per heavy atom. The predicted octanol–water partition coefficient (Wildman–Crippen LogP) is 3.12. The molecule has 1 aliphatic heterocycles. The summed E-state index contributed by atoms with van der Waals surface area (Å²) in [5.74, 6) is -3.88. The Bertz CT molecular complexity index is 853. The molecule has 0 bridgehead atoms. The van der Waals surface area contributed by atoms with E-state index in [4.69, 9.17) is 0 Å². The maximum absolute atomic E-state index is 12.8. The van der Waals surface area contributed by atoms with Crippen LogP contribution in [0.25, 0.3) is 0 Å². The van der Waals surface area contributed by atoms with Crippen LogP contribution >= 0.6 is 0 Å². The van der Waals surface area contributed by atoms with Crippen LogP contribution in [0.5, 0.6) is 5.88 Å². The number of amides is 1. The number of hydrogen-bond acceptors (Lipinski definition) is 5. The third-order valence-corrected chi connectivity index (χ3v) is 3.64. The van der Waals surface area contributed by atoms with Gasteiger partial charge in [0.2, 0.25) is 5.88 Å². The van der Waals surface area contributed by atoms with Crippen molar-refractivity contribution in [3.05, 3.63) is 59.8 Å². The van der Waals surface area contributed by atoms with Gasteiger partial charge in [-0.1, -0.05) is 30.3 Å².